The van der Waals surface area contributed by atoms with Gasteiger partial charge in [-0.05, 0) is 33.6 Å². The summed E-state index contributed by atoms with van der Waals surface area (Å²) in [6.45, 7) is 0.0115. The average molecular weight is 333 g/mol. The van der Waals surface area contributed by atoms with Crippen molar-refractivity contribution in [1.29, 1.82) is 0 Å². The Kier molecular flexibility index (Phi) is 4.87. The first-order chi connectivity index (χ1) is 7.39. The second-order valence-corrected chi connectivity index (χ2v) is 5.37. The van der Waals surface area contributed by atoms with Crippen molar-refractivity contribution in [3.05, 3.63) is 22.2 Å². The molecule has 0 spiro atoms. The van der Waals surface area contributed by atoms with Crippen molar-refractivity contribution < 1.29 is 57.1 Å². The zero-order valence-corrected chi connectivity index (χ0v) is 13.1. The van der Waals surface area contributed by atoms with Gasteiger partial charge in [0.2, 0.25) is 6.79 Å². The van der Waals surface area contributed by atoms with Crippen LogP contribution in [0.15, 0.2) is 16.6 Å². The van der Waals surface area contributed by atoms with Gasteiger partial charge < -0.3 is 19.1 Å². The van der Waals surface area contributed by atoms with Crippen molar-refractivity contribution in [2.45, 2.75) is 5.44 Å². The molecule has 6 nitrogen and oxygen atoms in total. The number of aliphatic hydroxyl groups excluding tert-OH is 1. The SMILES string of the molecule is O=S(=O)([O-])C(O)c1cc(Br)c2c(c1)OCO2.[Na+]. The first-order valence-corrected chi connectivity index (χ1v) is 6.38. The van der Waals surface area contributed by atoms with Crippen molar-refractivity contribution in [2.24, 2.45) is 0 Å². The van der Waals surface area contributed by atoms with Gasteiger partial charge in [0, 0.05) is 0 Å². The second kappa shape index (κ2) is 5.43. The van der Waals surface area contributed by atoms with Crippen LogP contribution >= 0.6 is 15.9 Å². The van der Waals surface area contributed by atoms with Gasteiger partial charge in [0.15, 0.2) is 16.9 Å². The number of aliphatic hydroxyl groups is 1. The van der Waals surface area contributed by atoms with Gasteiger partial charge in [-0.25, -0.2) is 8.42 Å². The summed E-state index contributed by atoms with van der Waals surface area (Å²) in [7, 11) is -4.80. The summed E-state index contributed by atoms with van der Waals surface area (Å²) in [5.41, 5.74) is -2.18. The van der Waals surface area contributed by atoms with Crippen LogP contribution in [-0.2, 0) is 10.1 Å². The molecule has 17 heavy (non-hydrogen) atoms. The van der Waals surface area contributed by atoms with E-state index in [1.807, 2.05) is 0 Å². The monoisotopic (exact) mass is 332 g/mol. The summed E-state index contributed by atoms with van der Waals surface area (Å²) in [5, 5.41) is 9.30. The van der Waals surface area contributed by atoms with Crippen LogP contribution < -0.4 is 39.0 Å². The maximum Gasteiger partial charge on any atom is 1.00 e. The Labute approximate surface area is 128 Å². The van der Waals surface area contributed by atoms with Gasteiger partial charge in [-0.3, -0.25) is 0 Å². The zero-order chi connectivity index (χ0) is 11.9. The van der Waals surface area contributed by atoms with E-state index in [0.717, 1.165) is 0 Å². The van der Waals surface area contributed by atoms with E-state index < -0.39 is 15.6 Å². The number of halogens is 1. The summed E-state index contributed by atoms with van der Waals surface area (Å²) in [6, 6.07) is 2.56. The molecule has 1 N–H and O–H groups in total. The quantitative estimate of drug-likeness (QED) is 0.484. The van der Waals surface area contributed by atoms with Gasteiger partial charge in [-0.15, -0.1) is 0 Å². The van der Waals surface area contributed by atoms with Crippen LogP contribution in [0.1, 0.15) is 11.0 Å². The summed E-state index contributed by atoms with van der Waals surface area (Å²) >= 11 is 3.12. The van der Waals surface area contributed by atoms with E-state index in [4.69, 9.17) is 9.47 Å². The standard InChI is InChI=1S/C8H7BrO6S.Na/c9-5-1-4(8(10)16(11,12)13)2-6-7(5)15-3-14-6;/h1-2,8,10H,3H2,(H,11,12,13);/q;+1/p-1. The molecule has 0 aliphatic carbocycles. The molecule has 0 aromatic heterocycles. The van der Waals surface area contributed by atoms with Crippen LogP contribution in [0, 0.1) is 0 Å². The number of ether oxygens (including phenoxy) is 2. The topological polar surface area (TPSA) is 95.9 Å². The Morgan fingerprint density at radius 1 is 1.41 bits per heavy atom. The predicted molar refractivity (Wildman–Crippen MR) is 54.9 cm³/mol. The molecule has 0 fully saturated rings. The van der Waals surface area contributed by atoms with Crippen LogP contribution in [0.5, 0.6) is 11.5 Å². The minimum absolute atomic E-state index is 0. The third kappa shape index (κ3) is 3.14. The van der Waals surface area contributed by atoms with Gasteiger partial charge in [-0.2, -0.15) is 0 Å². The van der Waals surface area contributed by atoms with Crippen LogP contribution in [-0.4, -0.2) is 24.9 Å². The largest absolute Gasteiger partial charge is 1.00 e. The molecule has 0 bridgehead atoms. The van der Waals surface area contributed by atoms with E-state index in [1.54, 1.807) is 0 Å². The van der Waals surface area contributed by atoms with Gasteiger partial charge in [0.05, 0.1) is 4.47 Å². The molecular formula is C8H6BrNaO6S. The van der Waals surface area contributed by atoms with Crippen LogP contribution in [0.4, 0.5) is 0 Å². The van der Waals surface area contributed by atoms with Crippen LogP contribution in [0.25, 0.3) is 0 Å². The van der Waals surface area contributed by atoms with Gasteiger partial charge in [0.25, 0.3) is 0 Å². The van der Waals surface area contributed by atoms with Crippen LogP contribution in [0.2, 0.25) is 0 Å². The number of hydrogen-bond acceptors (Lipinski definition) is 6. The normalized spacial score (nSPS) is 15.2. The molecule has 9 heteroatoms. The molecule has 88 valence electrons. The molecule has 0 saturated heterocycles. The maximum atomic E-state index is 10.7. The smallest absolute Gasteiger partial charge is 0.746 e. The summed E-state index contributed by atoms with van der Waals surface area (Å²) in [4.78, 5) is 0. The van der Waals surface area contributed by atoms with E-state index in [0.29, 0.717) is 10.2 Å². The third-order valence-corrected chi connectivity index (χ3v) is 3.42. The van der Waals surface area contributed by atoms with Gasteiger partial charge in [0.1, 0.15) is 10.1 Å². The third-order valence-electron chi connectivity index (χ3n) is 2.01. The number of fused-ring (bicyclic) bond motifs is 1. The van der Waals surface area contributed by atoms with Crippen molar-refractivity contribution in [3.63, 3.8) is 0 Å². The first kappa shape index (κ1) is 15.2. The van der Waals surface area contributed by atoms with E-state index in [-0.39, 0.29) is 47.7 Å². The molecule has 0 radical (unpaired) electrons. The first-order valence-electron chi connectivity index (χ1n) is 4.11. The maximum absolute atomic E-state index is 10.7. The Bertz CT molecular complexity index is 531. The van der Waals surface area contributed by atoms with Crippen LogP contribution in [0.3, 0.4) is 0 Å². The molecule has 1 aliphatic heterocycles. The molecule has 1 unspecified atom stereocenters. The molecule has 1 aliphatic rings. The Morgan fingerprint density at radius 2 is 2.06 bits per heavy atom. The van der Waals surface area contributed by atoms with E-state index in [2.05, 4.69) is 15.9 Å². The average Bonchev–Trinajstić information content (AvgIpc) is 2.63. The molecule has 1 aromatic carbocycles. The Morgan fingerprint density at radius 3 is 2.65 bits per heavy atom. The summed E-state index contributed by atoms with van der Waals surface area (Å²) < 4.78 is 42.5. The number of rotatable bonds is 2. The van der Waals surface area contributed by atoms with Crippen molar-refractivity contribution >= 4 is 26.0 Å². The van der Waals surface area contributed by atoms with Crippen molar-refractivity contribution in [3.8, 4) is 11.5 Å². The fraction of sp³-hybridized carbons (Fsp3) is 0.250. The van der Waals surface area contributed by atoms with Crippen molar-refractivity contribution in [2.75, 3.05) is 6.79 Å². The molecule has 2 rings (SSSR count). The van der Waals surface area contributed by atoms with E-state index in [1.165, 1.54) is 12.1 Å². The molecular weight excluding hydrogens is 327 g/mol. The summed E-state index contributed by atoms with van der Waals surface area (Å²) in [6.07, 6.45) is 0. The van der Waals surface area contributed by atoms with E-state index >= 15 is 0 Å². The molecule has 1 heterocycles. The summed E-state index contributed by atoms with van der Waals surface area (Å²) in [5.74, 6) is 0.700. The van der Waals surface area contributed by atoms with Crippen molar-refractivity contribution in [1.82, 2.24) is 0 Å². The fourth-order valence-electron chi connectivity index (χ4n) is 1.30. The molecule has 0 saturated carbocycles. The van der Waals surface area contributed by atoms with E-state index in [9.17, 15) is 18.1 Å². The van der Waals surface area contributed by atoms with Gasteiger partial charge >= 0.3 is 29.6 Å². The Balaban J connectivity index is 0.00000144. The fourth-order valence-corrected chi connectivity index (χ4v) is 2.34. The molecule has 0 amide bonds. The zero-order valence-electron chi connectivity index (χ0n) is 8.71. The Hall–Kier alpha value is 0.170. The molecule has 1 atom stereocenters. The number of benzene rings is 1. The minimum Gasteiger partial charge on any atom is -0.746 e. The predicted octanol–water partition coefficient (Wildman–Crippen LogP) is -2.28. The number of hydrogen-bond donors (Lipinski definition) is 1. The van der Waals surface area contributed by atoms with Gasteiger partial charge in [-0.1, -0.05) is 0 Å². The second-order valence-electron chi connectivity index (χ2n) is 3.08. The minimum atomic E-state index is -4.80. The molecule has 1 aromatic rings.